The second kappa shape index (κ2) is 10.1. The van der Waals surface area contributed by atoms with E-state index in [1.165, 1.54) is 17.4 Å². The van der Waals surface area contributed by atoms with E-state index in [1.54, 1.807) is 0 Å². The van der Waals surface area contributed by atoms with Crippen LogP contribution in [0.3, 0.4) is 0 Å². The molecule has 1 fully saturated rings. The number of nitrogens with zero attached hydrogens (tertiary/aromatic N) is 2. The van der Waals surface area contributed by atoms with Crippen molar-refractivity contribution < 1.29 is 24.5 Å². The van der Waals surface area contributed by atoms with Crippen LogP contribution in [0.1, 0.15) is 63.4 Å². The van der Waals surface area contributed by atoms with Gasteiger partial charge < -0.3 is 19.8 Å². The highest BCUT2D eigenvalue weighted by Crippen LogP contribution is 2.62. The lowest BCUT2D eigenvalue weighted by molar-refractivity contribution is -0.147. The SMILES string of the molecule is C=CCOC(=O)Nc1nc2c(s1)CC1C(C)(CO)C(O)CCC1(C)C2CC(=O)N(CC)CC. The number of nitrogens with one attached hydrogen (secondary N) is 1. The van der Waals surface area contributed by atoms with Gasteiger partial charge in [0.25, 0.3) is 0 Å². The van der Waals surface area contributed by atoms with Crippen LogP contribution >= 0.6 is 11.3 Å². The van der Waals surface area contributed by atoms with Crippen molar-refractivity contribution in [2.75, 3.05) is 31.6 Å². The summed E-state index contributed by atoms with van der Waals surface area (Å²) in [5.41, 5.74) is -0.155. The Morgan fingerprint density at radius 3 is 2.67 bits per heavy atom. The molecule has 9 heteroatoms. The van der Waals surface area contributed by atoms with Crippen LogP contribution in [0.4, 0.5) is 9.93 Å². The summed E-state index contributed by atoms with van der Waals surface area (Å²) < 4.78 is 5.03. The number of amides is 2. The maximum atomic E-state index is 13.2. The van der Waals surface area contributed by atoms with Gasteiger partial charge in [0, 0.05) is 35.7 Å². The number of hydrogen-bond donors (Lipinski definition) is 3. The molecule has 0 aromatic carbocycles. The topological polar surface area (TPSA) is 112 Å². The normalized spacial score (nSPS) is 30.7. The number of hydrogen-bond acceptors (Lipinski definition) is 7. The van der Waals surface area contributed by atoms with E-state index in [1.807, 2.05) is 25.7 Å². The van der Waals surface area contributed by atoms with Crippen LogP contribution in [-0.4, -0.2) is 64.5 Å². The fourth-order valence-corrected chi connectivity index (χ4v) is 6.89. The van der Waals surface area contributed by atoms with E-state index in [4.69, 9.17) is 9.72 Å². The van der Waals surface area contributed by atoms with Gasteiger partial charge in [0.05, 0.1) is 18.4 Å². The number of thiazole rings is 1. The molecular weight excluding hydrogens is 442 g/mol. The first-order chi connectivity index (χ1) is 15.6. The third-order valence-corrected chi connectivity index (χ3v) is 8.94. The van der Waals surface area contributed by atoms with Gasteiger partial charge in [-0.1, -0.05) is 26.5 Å². The van der Waals surface area contributed by atoms with Crippen molar-refractivity contribution in [3.05, 3.63) is 23.2 Å². The van der Waals surface area contributed by atoms with Gasteiger partial charge in [0.1, 0.15) is 6.61 Å². The summed E-state index contributed by atoms with van der Waals surface area (Å²) in [6, 6.07) is 0. The predicted molar refractivity (Wildman–Crippen MR) is 128 cm³/mol. The van der Waals surface area contributed by atoms with Crippen LogP contribution in [0.2, 0.25) is 0 Å². The second-order valence-corrected chi connectivity index (χ2v) is 10.7. The van der Waals surface area contributed by atoms with Crippen LogP contribution in [0.25, 0.3) is 0 Å². The molecule has 1 heterocycles. The van der Waals surface area contributed by atoms with Crippen molar-refractivity contribution in [3.8, 4) is 0 Å². The Morgan fingerprint density at radius 2 is 2.06 bits per heavy atom. The molecule has 184 valence electrons. The maximum Gasteiger partial charge on any atom is 0.413 e. The minimum Gasteiger partial charge on any atom is -0.445 e. The molecule has 3 N–H and O–H groups in total. The Kier molecular flexibility index (Phi) is 7.86. The van der Waals surface area contributed by atoms with Crippen LogP contribution in [-0.2, 0) is 16.0 Å². The molecule has 0 bridgehead atoms. The van der Waals surface area contributed by atoms with Crippen molar-refractivity contribution in [3.63, 3.8) is 0 Å². The lowest BCUT2D eigenvalue weighted by Gasteiger charge is -2.58. The van der Waals surface area contributed by atoms with Gasteiger partial charge in [-0.3, -0.25) is 10.1 Å². The number of anilines is 1. The first kappa shape index (κ1) is 25.6. The average molecular weight is 480 g/mol. The second-order valence-electron chi connectivity index (χ2n) is 9.64. The average Bonchev–Trinajstić information content (AvgIpc) is 3.19. The lowest BCUT2D eigenvalue weighted by atomic mass is 9.47. The molecule has 0 spiro atoms. The monoisotopic (exact) mass is 479 g/mol. The summed E-state index contributed by atoms with van der Waals surface area (Å²) in [5, 5.41) is 24.3. The van der Waals surface area contributed by atoms with Crippen molar-refractivity contribution in [1.29, 1.82) is 0 Å². The fourth-order valence-electron chi connectivity index (χ4n) is 5.84. The summed E-state index contributed by atoms with van der Waals surface area (Å²) in [7, 11) is 0. The van der Waals surface area contributed by atoms with Gasteiger partial charge in [-0.15, -0.1) is 11.3 Å². The van der Waals surface area contributed by atoms with Crippen LogP contribution < -0.4 is 5.32 Å². The van der Waals surface area contributed by atoms with E-state index in [2.05, 4.69) is 18.8 Å². The Labute approximate surface area is 200 Å². The van der Waals surface area contributed by atoms with Crippen molar-refractivity contribution in [2.45, 2.75) is 65.4 Å². The molecule has 1 saturated carbocycles. The highest BCUT2D eigenvalue weighted by Gasteiger charge is 2.59. The Bertz CT molecular complexity index is 885. The Morgan fingerprint density at radius 1 is 1.36 bits per heavy atom. The molecule has 8 nitrogen and oxygen atoms in total. The Hall–Kier alpha value is -1.97. The number of rotatable bonds is 8. The third-order valence-electron chi connectivity index (χ3n) is 7.93. The number of aromatic nitrogens is 1. The molecule has 2 amide bonds. The summed E-state index contributed by atoms with van der Waals surface area (Å²) in [6.07, 6.45) is 2.54. The fraction of sp³-hybridized carbons (Fsp3) is 0.708. The van der Waals surface area contributed by atoms with Crippen LogP contribution in [0.5, 0.6) is 0 Å². The number of aliphatic hydroxyl groups excluding tert-OH is 2. The van der Waals surface area contributed by atoms with Gasteiger partial charge in [-0.05, 0) is 44.4 Å². The summed E-state index contributed by atoms with van der Waals surface area (Å²) in [5.74, 6) is -0.127. The first-order valence-electron chi connectivity index (χ1n) is 11.8. The molecule has 1 aromatic rings. The quantitative estimate of drug-likeness (QED) is 0.492. The number of carbonyl (C=O) groups excluding carboxylic acids is 2. The van der Waals surface area contributed by atoms with Crippen molar-refractivity contribution in [2.24, 2.45) is 16.7 Å². The van der Waals surface area contributed by atoms with Crippen molar-refractivity contribution >= 4 is 28.5 Å². The van der Waals surface area contributed by atoms with Gasteiger partial charge in [0.15, 0.2) is 5.13 Å². The van der Waals surface area contributed by atoms with Gasteiger partial charge in [0.2, 0.25) is 5.91 Å². The number of aliphatic hydroxyl groups is 2. The smallest absolute Gasteiger partial charge is 0.413 e. The molecule has 3 rings (SSSR count). The van der Waals surface area contributed by atoms with Crippen LogP contribution in [0.15, 0.2) is 12.7 Å². The molecule has 1 aromatic heterocycles. The van der Waals surface area contributed by atoms with E-state index < -0.39 is 17.6 Å². The minimum absolute atomic E-state index is 0.0261. The molecule has 5 atom stereocenters. The highest BCUT2D eigenvalue weighted by atomic mass is 32.1. The van der Waals surface area contributed by atoms with E-state index in [0.29, 0.717) is 37.5 Å². The molecule has 2 aliphatic carbocycles. The molecular formula is C24H37N3O5S. The molecule has 5 unspecified atom stereocenters. The van der Waals surface area contributed by atoms with E-state index in [0.717, 1.165) is 17.0 Å². The zero-order valence-electron chi connectivity index (χ0n) is 20.1. The molecule has 0 aliphatic heterocycles. The maximum absolute atomic E-state index is 13.2. The van der Waals surface area contributed by atoms with Crippen LogP contribution in [0, 0.1) is 16.7 Å². The standard InChI is InChI=1S/C24H37N3O5S/c1-6-11-32-22(31)26-21-25-20-15(12-19(30)27(7-2)8-3)23(4)10-9-18(29)24(5,14-28)17(23)13-16(20)33-21/h6,15,17-18,28-29H,1,7-14H2,2-5H3,(H,25,26,31). The van der Waals surface area contributed by atoms with Crippen molar-refractivity contribution in [1.82, 2.24) is 9.88 Å². The Balaban J connectivity index is 2.02. The predicted octanol–water partition coefficient (Wildman–Crippen LogP) is 3.55. The number of ether oxygens (including phenoxy) is 1. The summed E-state index contributed by atoms with van der Waals surface area (Å²) in [4.78, 5) is 32.9. The van der Waals surface area contributed by atoms with Gasteiger partial charge >= 0.3 is 6.09 Å². The minimum atomic E-state index is -0.679. The zero-order valence-corrected chi connectivity index (χ0v) is 20.9. The lowest BCUT2D eigenvalue weighted by Crippen LogP contribution is -2.57. The van der Waals surface area contributed by atoms with E-state index in [-0.39, 0.29) is 36.4 Å². The third kappa shape index (κ3) is 4.68. The molecule has 0 radical (unpaired) electrons. The van der Waals surface area contributed by atoms with E-state index in [9.17, 15) is 19.8 Å². The molecule has 0 saturated heterocycles. The largest absolute Gasteiger partial charge is 0.445 e. The van der Waals surface area contributed by atoms with E-state index >= 15 is 0 Å². The molecule has 2 aliphatic rings. The summed E-state index contributed by atoms with van der Waals surface area (Å²) in [6.45, 7) is 12.9. The zero-order chi connectivity index (χ0) is 24.4. The van der Waals surface area contributed by atoms with Gasteiger partial charge in [-0.25, -0.2) is 9.78 Å². The molecule has 33 heavy (non-hydrogen) atoms. The first-order valence-corrected chi connectivity index (χ1v) is 12.6. The highest BCUT2D eigenvalue weighted by molar-refractivity contribution is 7.15. The summed E-state index contributed by atoms with van der Waals surface area (Å²) >= 11 is 1.38. The van der Waals surface area contributed by atoms with Gasteiger partial charge in [-0.2, -0.15) is 0 Å². The number of fused-ring (bicyclic) bond motifs is 2. The number of carbonyl (C=O) groups is 2.